The van der Waals surface area contributed by atoms with Gasteiger partial charge < -0.3 is 14.9 Å². The van der Waals surface area contributed by atoms with Gasteiger partial charge in [-0.3, -0.25) is 4.79 Å². The summed E-state index contributed by atoms with van der Waals surface area (Å²) in [6.07, 6.45) is 0. The average molecular weight is 318 g/mol. The Morgan fingerprint density at radius 3 is 2.00 bits per heavy atom. The number of hydrogen-bond donors (Lipinski definition) is 1. The molecule has 0 spiro atoms. The number of aliphatic hydroxyl groups is 1. The first-order valence-electron chi connectivity index (χ1n) is 8.51. The number of hydrogen-bond acceptors (Lipinski definition) is 3. The van der Waals surface area contributed by atoms with Crippen LogP contribution in [0.2, 0.25) is 0 Å². The van der Waals surface area contributed by atoms with Crippen molar-refractivity contribution >= 4 is 11.6 Å². The van der Waals surface area contributed by atoms with E-state index in [0.717, 1.165) is 13.1 Å². The van der Waals surface area contributed by atoms with Crippen LogP contribution >= 0.6 is 0 Å². The van der Waals surface area contributed by atoms with E-state index in [0.29, 0.717) is 5.92 Å². The van der Waals surface area contributed by atoms with Crippen LogP contribution in [0.3, 0.4) is 0 Å². The maximum absolute atomic E-state index is 12.5. The second-order valence-corrected chi connectivity index (χ2v) is 7.62. The van der Waals surface area contributed by atoms with Crippen LogP contribution in [0.15, 0.2) is 24.3 Å². The highest BCUT2D eigenvalue weighted by Gasteiger charge is 2.38. The number of benzene rings is 1. The minimum absolute atomic E-state index is 0.0717. The second kappa shape index (κ2) is 6.52. The average Bonchev–Trinajstić information content (AvgIpc) is 2.45. The number of piperazine rings is 1. The first-order chi connectivity index (χ1) is 10.6. The van der Waals surface area contributed by atoms with Crippen LogP contribution in [-0.2, 0) is 4.79 Å². The molecular formula is C19H30N2O2. The molecule has 1 amide bonds. The van der Waals surface area contributed by atoms with Crippen molar-refractivity contribution in [1.82, 2.24) is 4.90 Å². The number of nitrogens with zero attached hydrogens (tertiary/aromatic N) is 2. The Bertz CT molecular complexity index is 533. The predicted octanol–water partition coefficient (Wildman–Crippen LogP) is 3.01. The lowest BCUT2D eigenvalue weighted by atomic mass is 10.00. The van der Waals surface area contributed by atoms with E-state index in [4.69, 9.17) is 0 Å². The van der Waals surface area contributed by atoms with Gasteiger partial charge >= 0.3 is 0 Å². The third-order valence-electron chi connectivity index (χ3n) is 4.60. The summed E-state index contributed by atoms with van der Waals surface area (Å²) in [7, 11) is 0. The quantitative estimate of drug-likeness (QED) is 0.932. The molecule has 4 nitrogen and oxygen atoms in total. The minimum atomic E-state index is -1.32. The Morgan fingerprint density at radius 2 is 1.61 bits per heavy atom. The van der Waals surface area contributed by atoms with Gasteiger partial charge in [-0.2, -0.15) is 0 Å². The Balaban J connectivity index is 2.14. The summed E-state index contributed by atoms with van der Waals surface area (Å²) in [5, 5.41) is 10.0. The molecule has 1 aliphatic heterocycles. The molecule has 4 heteroatoms. The van der Waals surface area contributed by atoms with Crippen LogP contribution in [-0.4, -0.2) is 46.7 Å². The van der Waals surface area contributed by atoms with Gasteiger partial charge in [-0.15, -0.1) is 0 Å². The van der Waals surface area contributed by atoms with Crippen molar-refractivity contribution in [2.75, 3.05) is 18.0 Å². The molecular weight excluding hydrogens is 288 g/mol. The van der Waals surface area contributed by atoms with Gasteiger partial charge in [0.05, 0.1) is 0 Å². The van der Waals surface area contributed by atoms with E-state index in [1.54, 1.807) is 13.8 Å². The molecule has 1 saturated heterocycles. The largest absolute Gasteiger partial charge is 0.381 e. The summed E-state index contributed by atoms with van der Waals surface area (Å²) in [5.74, 6) is 0.343. The van der Waals surface area contributed by atoms with Crippen molar-refractivity contribution in [1.29, 1.82) is 0 Å². The van der Waals surface area contributed by atoms with Gasteiger partial charge in [0.1, 0.15) is 5.60 Å². The van der Waals surface area contributed by atoms with Crippen molar-refractivity contribution in [2.45, 2.75) is 65.1 Å². The number of carbonyl (C=O) groups is 1. The summed E-state index contributed by atoms with van der Waals surface area (Å²) in [6.45, 7) is 13.2. The van der Waals surface area contributed by atoms with Crippen LogP contribution in [0.4, 0.5) is 5.69 Å². The van der Waals surface area contributed by atoms with Gasteiger partial charge in [-0.05, 0) is 51.3 Å². The molecule has 2 atom stereocenters. The van der Waals surface area contributed by atoms with Gasteiger partial charge in [0.25, 0.3) is 5.91 Å². The summed E-state index contributed by atoms with van der Waals surface area (Å²) in [5.41, 5.74) is 1.22. The lowest BCUT2D eigenvalue weighted by molar-refractivity contribution is -0.153. The lowest BCUT2D eigenvalue weighted by Crippen LogP contribution is -2.62. The van der Waals surface area contributed by atoms with Gasteiger partial charge in [0, 0.05) is 30.9 Å². The van der Waals surface area contributed by atoms with Crippen molar-refractivity contribution in [3.63, 3.8) is 0 Å². The third-order valence-corrected chi connectivity index (χ3v) is 4.60. The van der Waals surface area contributed by atoms with E-state index in [-0.39, 0.29) is 18.0 Å². The highest BCUT2D eigenvalue weighted by Crippen LogP contribution is 2.26. The molecule has 1 aromatic rings. The van der Waals surface area contributed by atoms with Crippen LogP contribution in [0.5, 0.6) is 0 Å². The zero-order valence-corrected chi connectivity index (χ0v) is 15.2. The molecule has 0 aromatic heterocycles. The molecule has 128 valence electrons. The molecule has 0 saturated carbocycles. The molecule has 1 N–H and O–H groups in total. The Morgan fingerprint density at radius 1 is 1.13 bits per heavy atom. The van der Waals surface area contributed by atoms with E-state index in [2.05, 4.69) is 56.9 Å². The van der Waals surface area contributed by atoms with Crippen LogP contribution in [0.1, 0.15) is 53.0 Å². The van der Waals surface area contributed by atoms with E-state index >= 15 is 0 Å². The van der Waals surface area contributed by atoms with Gasteiger partial charge in [0.15, 0.2) is 0 Å². The predicted molar refractivity (Wildman–Crippen MR) is 94.8 cm³/mol. The summed E-state index contributed by atoms with van der Waals surface area (Å²) >= 11 is 0. The van der Waals surface area contributed by atoms with Gasteiger partial charge in [0.2, 0.25) is 0 Å². The van der Waals surface area contributed by atoms with Crippen LogP contribution in [0, 0.1) is 0 Å². The minimum Gasteiger partial charge on any atom is -0.381 e. The molecule has 0 aliphatic carbocycles. The molecule has 2 rings (SSSR count). The molecule has 23 heavy (non-hydrogen) atoms. The van der Waals surface area contributed by atoms with Crippen LogP contribution < -0.4 is 4.90 Å². The maximum Gasteiger partial charge on any atom is 0.254 e. The zero-order valence-electron chi connectivity index (χ0n) is 15.2. The van der Waals surface area contributed by atoms with Crippen molar-refractivity contribution < 1.29 is 9.90 Å². The fourth-order valence-electron chi connectivity index (χ4n) is 3.32. The van der Waals surface area contributed by atoms with Crippen molar-refractivity contribution in [3.05, 3.63) is 29.8 Å². The summed E-state index contributed by atoms with van der Waals surface area (Å²) < 4.78 is 0. The zero-order chi connectivity index (χ0) is 17.4. The Kier molecular flexibility index (Phi) is 5.04. The van der Waals surface area contributed by atoms with E-state index in [9.17, 15) is 9.90 Å². The molecule has 1 heterocycles. The van der Waals surface area contributed by atoms with Gasteiger partial charge in [-0.25, -0.2) is 0 Å². The normalized spacial score (nSPS) is 22.6. The number of amides is 1. The van der Waals surface area contributed by atoms with Crippen molar-refractivity contribution in [3.8, 4) is 0 Å². The topological polar surface area (TPSA) is 43.8 Å². The number of carbonyl (C=O) groups excluding carboxylic acids is 1. The fourth-order valence-corrected chi connectivity index (χ4v) is 3.32. The first-order valence-corrected chi connectivity index (χ1v) is 8.51. The van der Waals surface area contributed by atoms with Crippen LogP contribution in [0.25, 0.3) is 0 Å². The lowest BCUT2D eigenvalue weighted by Gasteiger charge is -2.47. The maximum atomic E-state index is 12.5. The number of anilines is 1. The molecule has 1 fully saturated rings. The van der Waals surface area contributed by atoms with E-state index < -0.39 is 5.60 Å². The molecule has 0 bridgehead atoms. The van der Waals surface area contributed by atoms with E-state index in [1.807, 2.05) is 4.90 Å². The molecule has 0 unspecified atom stereocenters. The Hall–Kier alpha value is -1.55. The highest BCUT2D eigenvalue weighted by atomic mass is 16.3. The van der Waals surface area contributed by atoms with E-state index in [1.165, 1.54) is 11.3 Å². The highest BCUT2D eigenvalue weighted by molar-refractivity contribution is 5.85. The first kappa shape index (κ1) is 17.8. The second-order valence-electron chi connectivity index (χ2n) is 7.62. The molecule has 1 aliphatic rings. The van der Waals surface area contributed by atoms with Gasteiger partial charge in [-0.1, -0.05) is 26.0 Å². The molecule has 0 radical (unpaired) electrons. The number of rotatable bonds is 3. The monoisotopic (exact) mass is 318 g/mol. The van der Waals surface area contributed by atoms with Crippen molar-refractivity contribution in [2.24, 2.45) is 0 Å². The summed E-state index contributed by atoms with van der Waals surface area (Å²) in [6, 6.07) is 8.85. The third kappa shape index (κ3) is 3.86. The fraction of sp³-hybridized carbons (Fsp3) is 0.632. The summed E-state index contributed by atoms with van der Waals surface area (Å²) in [4.78, 5) is 16.6. The Labute approximate surface area is 140 Å². The standard InChI is InChI=1S/C19H30N2O2/c1-13(2)16-7-9-17(10-8-16)20-11-14(3)21(15(4)12-20)18(22)19(5,6)23/h7-10,13-15,23H,11-12H2,1-6H3/t14-,15+. The molecule has 1 aromatic carbocycles. The smallest absolute Gasteiger partial charge is 0.254 e. The SMILES string of the molecule is CC(C)c1ccc(N2C[C@@H](C)N(C(=O)C(C)(C)O)[C@@H](C)C2)cc1.